The fourth-order valence-corrected chi connectivity index (χ4v) is 3.69. The van der Waals surface area contributed by atoms with Gasteiger partial charge in [-0.2, -0.15) is 9.57 Å². The minimum atomic E-state index is -3.64. The molecule has 0 unspecified atom stereocenters. The third kappa shape index (κ3) is 4.55. The Morgan fingerprint density at radius 1 is 1.48 bits per heavy atom. The standard InChI is InChI=1S/C14H24N4O2S/c1-5-8-17-11-14(16-13(17)4)21(19,20)18(9-6-7-15)10-12(2)3/h11-12H,5-6,8-10H2,1-4H3. The Bertz CT molecular complexity index is 599. The normalized spacial score (nSPS) is 12.0. The van der Waals surface area contributed by atoms with E-state index in [-0.39, 0.29) is 23.9 Å². The van der Waals surface area contributed by atoms with E-state index in [1.165, 1.54) is 4.31 Å². The summed E-state index contributed by atoms with van der Waals surface area (Å²) < 4.78 is 28.6. The van der Waals surface area contributed by atoms with E-state index in [1.807, 2.05) is 31.4 Å². The van der Waals surface area contributed by atoms with Gasteiger partial charge in [0, 0.05) is 32.3 Å². The van der Waals surface area contributed by atoms with Gasteiger partial charge in [0.1, 0.15) is 5.82 Å². The molecule has 0 spiro atoms. The van der Waals surface area contributed by atoms with Crippen molar-refractivity contribution in [1.29, 1.82) is 5.26 Å². The zero-order chi connectivity index (χ0) is 16.0. The number of sulfonamides is 1. The van der Waals surface area contributed by atoms with Gasteiger partial charge in [-0.25, -0.2) is 13.4 Å². The molecule has 0 aromatic carbocycles. The maximum absolute atomic E-state index is 12.7. The molecule has 21 heavy (non-hydrogen) atoms. The SMILES string of the molecule is CCCn1cc(S(=O)(=O)N(CCC#N)CC(C)C)nc1C. The Labute approximate surface area is 127 Å². The molecular formula is C14H24N4O2S. The molecule has 1 aromatic rings. The van der Waals surface area contributed by atoms with Crippen molar-refractivity contribution in [3.63, 3.8) is 0 Å². The third-order valence-electron chi connectivity index (χ3n) is 3.06. The monoisotopic (exact) mass is 312 g/mol. The summed E-state index contributed by atoms with van der Waals surface area (Å²) in [6.07, 6.45) is 2.69. The van der Waals surface area contributed by atoms with Crippen LogP contribution >= 0.6 is 0 Å². The number of aryl methyl sites for hydroxylation is 2. The van der Waals surface area contributed by atoms with Crippen molar-refractivity contribution >= 4 is 10.0 Å². The molecule has 0 saturated heterocycles. The molecule has 118 valence electrons. The molecule has 0 aliphatic heterocycles. The number of imidazole rings is 1. The molecule has 0 N–H and O–H groups in total. The van der Waals surface area contributed by atoms with Crippen LogP contribution in [0.5, 0.6) is 0 Å². The first-order chi connectivity index (χ1) is 9.82. The lowest BCUT2D eigenvalue weighted by Gasteiger charge is -2.21. The zero-order valence-electron chi connectivity index (χ0n) is 13.2. The van der Waals surface area contributed by atoms with Crippen molar-refractivity contribution in [3.8, 4) is 6.07 Å². The van der Waals surface area contributed by atoms with Crippen LogP contribution in [-0.2, 0) is 16.6 Å². The van der Waals surface area contributed by atoms with Gasteiger partial charge in [0.2, 0.25) is 0 Å². The van der Waals surface area contributed by atoms with Crippen molar-refractivity contribution in [2.24, 2.45) is 5.92 Å². The number of nitriles is 1. The number of aromatic nitrogens is 2. The average molecular weight is 312 g/mol. The number of nitrogens with zero attached hydrogens (tertiary/aromatic N) is 4. The van der Waals surface area contributed by atoms with Crippen LogP contribution in [0.2, 0.25) is 0 Å². The van der Waals surface area contributed by atoms with E-state index in [4.69, 9.17) is 5.26 Å². The van der Waals surface area contributed by atoms with Gasteiger partial charge in [-0.1, -0.05) is 20.8 Å². The number of hydrogen-bond acceptors (Lipinski definition) is 4. The average Bonchev–Trinajstić information content (AvgIpc) is 2.77. The molecule has 0 fully saturated rings. The van der Waals surface area contributed by atoms with Crippen molar-refractivity contribution in [2.75, 3.05) is 13.1 Å². The lowest BCUT2D eigenvalue weighted by molar-refractivity contribution is 0.371. The maximum atomic E-state index is 12.7. The van der Waals surface area contributed by atoms with Gasteiger partial charge in [-0.15, -0.1) is 0 Å². The van der Waals surface area contributed by atoms with Crippen molar-refractivity contribution in [2.45, 2.75) is 52.1 Å². The highest BCUT2D eigenvalue weighted by atomic mass is 32.2. The lowest BCUT2D eigenvalue weighted by atomic mass is 10.2. The Morgan fingerprint density at radius 2 is 2.14 bits per heavy atom. The summed E-state index contributed by atoms with van der Waals surface area (Å²) >= 11 is 0. The molecule has 1 heterocycles. The second-order valence-electron chi connectivity index (χ2n) is 5.48. The van der Waals surface area contributed by atoms with E-state index >= 15 is 0 Å². The maximum Gasteiger partial charge on any atom is 0.262 e. The summed E-state index contributed by atoms with van der Waals surface area (Å²) in [5.41, 5.74) is 0. The van der Waals surface area contributed by atoms with Crippen LogP contribution in [0.25, 0.3) is 0 Å². The van der Waals surface area contributed by atoms with Crippen LogP contribution in [0.15, 0.2) is 11.2 Å². The largest absolute Gasteiger partial charge is 0.334 e. The van der Waals surface area contributed by atoms with Crippen LogP contribution in [0.1, 0.15) is 39.4 Å². The Morgan fingerprint density at radius 3 is 2.67 bits per heavy atom. The summed E-state index contributed by atoms with van der Waals surface area (Å²) in [6.45, 7) is 9.09. The minimum absolute atomic E-state index is 0.0760. The van der Waals surface area contributed by atoms with Crippen LogP contribution < -0.4 is 0 Å². The highest BCUT2D eigenvalue weighted by molar-refractivity contribution is 7.89. The molecule has 1 rings (SSSR count). The zero-order valence-corrected chi connectivity index (χ0v) is 14.0. The molecule has 0 aliphatic rings. The Hall–Kier alpha value is -1.39. The summed E-state index contributed by atoms with van der Waals surface area (Å²) in [4.78, 5) is 4.19. The predicted octanol–water partition coefficient (Wildman–Crippen LogP) is 2.16. The van der Waals surface area contributed by atoms with Gasteiger partial charge in [0.05, 0.1) is 6.07 Å². The summed E-state index contributed by atoms with van der Waals surface area (Å²) in [5, 5.41) is 8.79. The molecule has 7 heteroatoms. The fourth-order valence-electron chi connectivity index (χ4n) is 2.09. The smallest absolute Gasteiger partial charge is 0.262 e. The van der Waals surface area contributed by atoms with Gasteiger partial charge in [0.15, 0.2) is 5.03 Å². The third-order valence-corrected chi connectivity index (χ3v) is 4.80. The van der Waals surface area contributed by atoms with Crippen molar-refractivity contribution in [1.82, 2.24) is 13.9 Å². The topological polar surface area (TPSA) is 79.0 Å². The number of hydrogen-bond donors (Lipinski definition) is 0. The first-order valence-electron chi connectivity index (χ1n) is 7.23. The fraction of sp³-hybridized carbons (Fsp3) is 0.714. The first-order valence-corrected chi connectivity index (χ1v) is 8.67. The Kier molecular flexibility index (Phi) is 6.37. The van der Waals surface area contributed by atoms with Gasteiger partial charge < -0.3 is 4.57 Å². The van der Waals surface area contributed by atoms with E-state index in [1.54, 1.807) is 13.1 Å². The van der Waals surface area contributed by atoms with Gasteiger partial charge in [0.25, 0.3) is 10.0 Å². The van der Waals surface area contributed by atoms with E-state index < -0.39 is 10.0 Å². The minimum Gasteiger partial charge on any atom is -0.334 e. The van der Waals surface area contributed by atoms with E-state index in [9.17, 15) is 8.42 Å². The molecule has 0 aliphatic carbocycles. The quantitative estimate of drug-likeness (QED) is 0.737. The molecule has 0 radical (unpaired) electrons. The highest BCUT2D eigenvalue weighted by Crippen LogP contribution is 2.17. The van der Waals surface area contributed by atoms with E-state index in [2.05, 4.69) is 4.98 Å². The molecule has 0 saturated carbocycles. The second-order valence-corrected chi connectivity index (χ2v) is 7.37. The van der Waals surface area contributed by atoms with Crippen LogP contribution in [0.4, 0.5) is 0 Å². The molecule has 0 bridgehead atoms. The van der Waals surface area contributed by atoms with Crippen molar-refractivity contribution in [3.05, 3.63) is 12.0 Å². The predicted molar refractivity (Wildman–Crippen MR) is 81.1 cm³/mol. The van der Waals surface area contributed by atoms with Crippen LogP contribution in [0, 0.1) is 24.2 Å². The first kappa shape index (κ1) is 17.7. The van der Waals surface area contributed by atoms with Crippen molar-refractivity contribution < 1.29 is 8.42 Å². The molecule has 1 aromatic heterocycles. The van der Waals surface area contributed by atoms with E-state index in [0.717, 1.165) is 13.0 Å². The molecule has 0 amide bonds. The van der Waals surface area contributed by atoms with Gasteiger partial charge >= 0.3 is 0 Å². The molecule has 0 atom stereocenters. The van der Waals surface area contributed by atoms with E-state index in [0.29, 0.717) is 12.4 Å². The highest BCUT2D eigenvalue weighted by Gasteiger charge is 2.27. The molecule has 6 nitrogen and oxygen atoms in total. The summed E-state index contributed by atoms with van der Waals surface area (Å²) in [7, 11) is -3.64. The van der Waals surface area contributed by atoms with Gasteiger partial charge in [-0.05, 0) is 19.3 Å². The van der Waals surface area contributed by atoms with Crippen LogP contribution in [0.3, 0.4) is 0 Å². The molecular weight excluding hydrogens is 288 g/mol. The van der Waals surface area contributed by atoms with Crippen LogP contribution in [-0.4, -0.2) is 35.4 Å². The summed E-state index contributed by atoms with van der Waals surface area (Å²) in [5.74, 6) is 0.887. The lowest BCUT2D eigenvalue weighted by Crippen LogP contribution is -2.35. The second kappa shape index (κ2) is 7.57. The Balaban J connectivity index is 3.09. The number of rotatable bonds is 8. The van der Waals surface area contributed by atoms with Gasteiger partial charge in [-0.3, -0.25) is 0 Å². The summed E-state index contributed by atoms with van der Waals surface area (Å²) in [6, 6.07) is 2.00.